The zero-order chi connectivity index (χ0) is 13.9. The van der Waals surface area contributed by atoms with Crippen molar-refractivity contribution in [3.63, 3.8) is 0 Å². The standard InChI is InChI=1S/C15H17N3OS/c1-18-14(11-7-3-2-4-8-11)16-17-15(18)20-13-10-6-5-9-12(13)19/h2-4,7-8,13H,5-6,9-10H2,1H3. The molecule has 1 unspecified atom stereocenters. The second-order valence-corrected chi connectivity index (χ2v) is 6.22. The molecule has 20 heavy (non-hydrogen) atoms. The van der Waals surface area contributed by atoms with Crippen molar-refractivity contribution >= 4 is 17.5 Å². The van der Waals surface area contributed by atoms with Crippen molar-refractivity contribution in [2.45, 2.75) is 36.1 Å². The van der Waals surface area contributed by atoms with Crippen LogP contribution in [0, 0.1) is 0 Å². The van der Waals surface area contributed by atoms with Crippen molar-refractivity contribution in [3.8, 4) is 11.4 Å². The Bertz CT molecular complexity index is 609. The van der Waals surface area contributed by atoms with E-state index in [4.69, 9.17) is 0 Å². The van der Waals surface area contributed by atoms with E-state index in [9.17, 15) is 4.79 Å². The highest BCUT2D eigenvalue weighted by Crippen LogP contribution is 2.31. The number of Topliss-reactive ketones (excluding diaryl/α,β-unsaturated/α-hetero) is 1. The van der Waals surface area contributed by atoms with Crippen molar-refractivity contribution in [2.24, 2.45) is 7.05 Å². The van der Waals surface area contributed by atoms with Crippen molar-refractivity contribution in [1.82, 2.24) is 14.8 Å². The van der Waals surface area contributed by atoms with Gasteiger partial charge in [-0.2, -0.15) is 0 Å². The first-order valence-electron chi connectivity index (χ1n) is 6.90. The number of carbonyl (C=O) groups excluding carboxylic acids is 1. The summed E-state index contributed by atoms with van der Waals surface area (Å²) in [4.78, 5) is 11.9. The highest BCUT2D eigenvalue weighted by atomic mass is 32.2. The first-order valence-corrected chi connectivity index (χ1v) is 7.78. The lowest BCUT2D eigenvalue weighted by molar-refractivity contribution is -0.119. The molecular weight excluding hydrogens is 270 g/mol. The van der Waals surface area contributed by atoms with Crippen LogP contribution in [0.25, 0.3) is 11.4 Å². The number of thioether (sulfide) groups is 1. The molecule has 5 heteroatoms. The number of hydrogen-bond donors (Lipinski definition) is 0. The maximum absolute atomic E-state index is 11.9. The van der Waals surface area contributed by atoms with Gasteiger partial charge in [-0.3, -0.25) is 4.79 Å². The van der Waals surface area contributed by atoms with Crippen LogP contribution in [-0.4, -0.2) is 25.8 Å². The van der Waals surface area contributed by atoms with E-state index in [-0.39, 0.29) is 5.25 Å². The minimum absolute atomic E-state index is 0.0512. The Hall–Kier alpha value is -1.62. The SMILES string of the molecule is Cn1c(SC2CCCCC2=O)nnc1-c1ccccc1. The van der Waals surface area contributed by atoms with E-state index < -0.39 is 0 Å². The van der Waals surface area contributed by atoms with Crippen LogP contribution < -0.4 is 0 Å². The highest BCUT2D eigenvalue weighted by Gasteiger charge is 2.25. The third-order valence-electron chi connectivity index (χ3n) is 3.61. The number of hydrogen-bond acceptors (Lipinski definition) is 4. The number of benzene rings is 1. The van der Waals surface area contributed by atoms with Gasteiger partial charge in [-0.25, -0.2) is 0 Å². The first-order chi connectivity index (χ1) is 9.75. The normalized spacial score (nSPS) is 19.2. The summed E-state index contributed by atoms with van der Waals surface area (Å²) in [5.74, 6) is 1.20. The molecule has 1 fully saturated rings. The molecule has 0 bridgehead atoms. The van der Waals surface area contributed by atoms with Gasteiger partial charge < -0.3 is 4.57 Å². The molecule has 0 aliphatic heterocycles. The van der Waals surface area contributed by atoms with E-state index in [1.54, 1.807) is 11.8 Å². The summed E-state index contributed by atoms with van der Waals surface area (Å²) in [5, 5.41) is 9.38. The predicted octanol–water partition coefficient (Wildman–Crippen LogP) is 3.09. The molecular formula is C15H17N3OS. The van der Waals surface area contributed by atoms with Crippen molar-refractivity contribution in [1.29, 1.82) is 0 Å². The van der Waals surface area contributed by atoms with Gasteiger partial charge in [0.25, 0.3) is 0 Å². The lowest BCUT2D eigenvalue weighted by Gasteiger charge is -2.19. The zero-order valence-corrected chi connectivity index (χ0v) is 12.3. The average molecular weight is 287 g/mol. The summed E-state index contributed by atoms with van der Waals surface area (Å²) in [5.41, 5.74) is 1.05. The van der Waals surface area contributed by atoms with E-state index in [2.05, 4.69) is 10.2 Å². The van der Waals surface area contributed by atoms with Crippen LogP contribution in [0.2, 0.25) is 0 Å². The van der Waals surface area contributed by atoms with Gasteiger partial charge in [0.05, 0.1) is 5.25 Å². The van der Waals surface area contributed by atoms with E-state index in [0.717, 1.165) is 35.8 Å². The first kappa shape index (κ1) is 13.4. The maximum atomic E-state index is 11.9. The van der Waals surface area contributed by atoms with Gasteiger partial charge in [0.15, 0.2) is 11.0 Å². The molecule has 0 radical (unpaired) electrons. The van der Waals surface area contributed by atoms with Crippen LogP contribution in [0.15, 0.2) is 35.5 Å². The number of rotatable bonds is 3. The van der Waals surface area contributed by atoms with E-state index in [1.165, 1.54) is 0 Å². The second kappa shape index (κ2) is 5.79. The van der Waals surface area contributed by atoms with Crippen molar-refractivity contribution in [3.05, 3.63) is 30.3 Å². The fourth-order valence-electron chi connectivity index (χ4n) is 2.46. The highest BCUT2D eigenvalue weighted by molar-refractivity contribution is 8.00. The molecule has 1 aromatic heterocycles. The van der Waals surface area contributed by atoms with Gasteiger partial charge in [-0.15, -0.1) is 10.2 Å². The van der Waals surface area contributed by atoms with Gasteiger partial charge in [0, 0.05) is 19.0 Å². The second-order valence-electron chi connectivity index (χ2n) is 5.05. The molecule has 1 saturated carbocycles. The molecule has 0 amide bonds. The number of aromatic nitrogens is 3. The minimum Gasteiger partial charge on any atom is -0.305 e. The van der Waals surface area contributed by atoms with Gasteiger partial charge in [-0.05, 0) is 12.8 Å². The Morgan fingerprint density at radius 2 is 2.00 bits per heavy atom. The Balaban J connectivity index is 1.82. The largest absolute Gasteiger partial charge is 0.305 e. The van der Waals surface area contributed by atoms with Gasteiger partial charge in [0.2, 0.25) is 0 Å². The smallest absolute Gasteiger partial charge is 0.191 e. The number of nitrogens with zero attached hydrogens (tertiary/aromatic N) is 3. The lowest BCUT2D eigenvalue weighted by Crippen LogP contribution is -2.21. The molecule has 4 nitrogen and oxygen atoms in total. The molecule has 1 aliphatic rings. The molecule has 1 heterocycles. The van der Waals surface area contributed by atoms with Crippen molar-refractivity contribution < 1.29 is 4.79 Å². The Labute approximate surface area is 122 Å². The number of ketones is 1. The van der Waals surface area contributed by atoms with Crippen LogP contribution in [-0.2, 0) is 11.8 Å². The zero-order valence-electron chi connectivity index (χ0n) is 11.5. The average Bonchev–Trinajstić information content (AvgIpc) is 2.84. The van der Waals surface area contributed by atoms with Gasteiger partial charge in [-0.1, -0.05) is 48.5 Å². The van der Waals surface area contributed by atoms with E-state index >= 15 is 0 Å². The molecule has 0 spiro atoms. The van der Waals surface area contributed by atoms with Gasteiger partial charge in [0.1, 0.15) is 5.78 Å². The van der Waals surface area contributed by atoms with E-state index in [1.807, 2.05) is 41.9 Å². The third kappa shape index (κ3) is 2.63. The van der Waals surface area contributed by atoms with Crippen LogP contribution in [0.3, 0.4) is 0 Å². The minimum atomic E-state index is 0.0512. The van der Waals surface area contributed by atoms with Crippen LogP contribution in [0.4, 0.5) is 0 Å². The summed E-state index contributed by atoms with van der Waals surface area (Å²) in [7, 11) is 1.96. The quantitative estimate of drug-likeness (QED) is 0.870. The number of carbonyl (C=O) groups is 1. The summed E-state index contributed by atoms with van der Waals surface area (Å²) < 4.78 is 1.97. The van der Waals surface area contributed by atoms with Crippen LogP contribution >= 0.6 is 11.8 Å². The Morgan fingerprint density at radius 3 is 2.75 bits per heavy atom. The Morgan fingerprint density at radius 1 is 1.20 bits per heavy atom. The molecule has 0 saturated heterocycles. The maximum Gasteiger partial charge on any atom is 0.191 e. The predicted molar refractivity (Wildman–Crippen MR) is 79.6 cm³/mol. The molecule has 0 N–H and O–H groups in total. The molecule has 3 rings (SSSR count). The van der Waals surface area contributed by atoms with E-state index in [0.29, 0.717) is 12.2 Å². The summed E-state index contributed by atoms with van der Waals surface area (Å²) in [6, 6.07) is 9.99. The monoisotopic (exact) mass is 287 g/mol. The van der Waals surface area contributed by atoms with Crippen LogP contribution in [0.5, 0.6) is 0 Å². The fraction of sp³-hybridized carbons (Fsp3) is 0.400. The molecule has 1 aromatic carbocycles. The lowest BCUT2D eigenvalue weighted by atomic mass is 9.99. The summed E-state index contributed by atoms with van der Waals surface area (Å²) in [6.07, 6.45) is 3.83. The van der Waals surface area contributed by atoms with Crippen molar-refractivity contribution in [2.75, 3.05) is 0 Å². The fourth-order valence-corrected chi connectivity index (χ4v) is 3.58. The molecule has 104 valence electrons. The topological polar surface area (TPSA) is 47.8 Å². The molecule has 1 aliphatic carbocycles. The van der Waals surface area contributed by atoms with Crippen LogP contribution in [0.1, 0.15) is 25.7 Å². The molecule has 1 atom stereocenters. The third-order valence-corrected chi connectivity index (χ3v) is 4.96. The molecule has 2 aromatic rings. The summed E-state index contributed by atoms with van der Waals surface area (Å²) in [6.45, 7) is 0. The Kier molecular flexibility index (Phi) is 3.87. The van der Waals surface area contributed by atoms with Gasteiger partial charge >= 0.3 is 0 Å². The summed E-state index contributed by atoms with van der Waals surface area (Å²) >= 11 is 1.55.